The number of rotatable bonds is 5. The number of carboxylic acids is 1. The summed E-state index contributed by atoms with van der Waals surface area (Å²) in [5.41, 5.74) is 2.05. The van der Waals surface area contributed by atoms with Gasteiger partial charge in [-0.3, -0.25) is 19.2 Å². The number of pyridine rings is 1. The molecule has 0 aromatic carbocycles. The van der Waals surface area contributed by atoms with Crippen LogP contribution < -0.4 is 5.32 Å². The zero-order valence-corrected chi connectivity index (χ0v) is 14.7. The van der Waals surface area contributed by atoms with Gasteiger partial charge in [0.25, 0.3) is 0 Å². The number of aromatic nitrogens is 4. The van der Waals surface area contributed by atoms with Crippen LogP contribution in [0.5, 0.6) is 0 Å². The van der Waals surface area contributed by atoms with Gasteiger partial charge in [-0.05, 0) is 12.1 Å². The Morgan fingerprint density at radius 3 is 2.81 bits per heavy atom. The van der Waals surface area contributed by atoms with Gasteiger partial charge in [0.15, 0.2) is 0 Å². The Kier molecular flexibility index (Phi) is 4.61. The molecule has 3 aromatic rings. The van der Waals surface area contributed by atoms with E-state index in [0.29, 0.717) is 17.2 Å². The number of aryl methyl sites for hydroxylation is 1. The lowest BCUT2D eigenvalue weighted by atomic mass is 10.2. The molecule has 0 saturated carbocycles. The molecule has 0 aliphatic rings. The average Bonchev–Trinajstić information content (AvgIpc) is 3.18. The first-order valence-electron chi connectivity index (χ1n) is 8.08. The molecule has 0 aliphatic carbocycles. The molecular formula is C17H20N6O3. The number of nitrogens with zero attached hydrogens (tertiary/aromatic N) is 5. The molecule has 9 nitrogen and oxygen atoms in total. The van der Waals surface area contributed by atoms with E-state index in [4.69, 9.17) is 5.11 Å². The van der Waals surface area contributed by atoms with Crippen LogP contribution in [0.25, 0.3) is 16.9 Å². The van der Waals surface area contributed by atoms with Crippen LogP contribution in [-0.4, -0.2) is 54.8 Å². The summed E-state index contributed by atoms with van der Waals surface area (Å²) in [4.78, 5) is 29.5. The number of fused-ring (bicyclic) bond motifs is 1. The highest BCUT2D eigenvalue weighted by atomic mass is 16.4. The SMILES string of the molecule is CC(CN(C)C(=O)Nc1c(-c2cnn(C)c2)nc2ccccn12)C(=O)O. The quantitative estimate of drug-likeness (QED) is 0.727. The second kappa shape index (κ2) is 6.87. The number of aliphatic carboxylic acids is 1. The van der Waals surface area contributed by atoms with E-state index in [0.717, 1.165) is 5.56 Å². The van der Waals surface area contributed by atoms with Crippen LogP contribution in [0.1, 0.15) is 6.92 Å². The number of carbonyl (C=O) groups excluding carboxylic acids is 1. The largest absolute Gasteiger partial charge is 0.481 e. The molecule has 0 spiro atoms. The van der Waals surface area contributed by atoms with E-state index in [9.17, 15) is 9.59 Å². The number of nitrogens with one attached hydrogen (secondary N) is 1. The first kappa shape index (κ1) is 17.5. The van der Waals surface area contributed by atoms with Crippen LogP contribution >= 0.6 is 0 Å². The highest BCUT2D eigenvalue weighted by molar-refractivity contribution is 5.93. The van der Waals surface area contributed by atoms with Crippen molar-refractivity contribution >= 4 is 23.5 Å². The first-order valence-corrected chi connectivity index (χ1v) is 8.08. The molecule has 0 aliphatic heterocycles. The van der Waals surface area contributed by atoms with Gasteiger partial charge in [-0.15, -0.1) is 0 Å². The van der Waals surface area contributed by atoms with Gasteiger partial charge in [-0.25, -0.2) is 9.78 Å². The van der Waals surface area contributed by atoms with Crippen LogP contribution in [0.4, 0.5) is 10.6 Å². The molecule has 3 aromatic heterocycles. The molecular weight excluding hydrogens is 336 g/mol. The molecule has 1 unspecified atom stereocenters. The van der Waals surface area contributed by atoms with Crippen LogP contribution in [0.15, 0.2) is 36.8 Å². The van der Waals surface area contributed by atoms with Gasteiger partial charge in [0.2, 0.25) is 0 Å². The monoisotopic (exact) mass is 356 g/mol. The number of carbonyl (C=O) groups is 2. The van der Waals surface area contributed by atoms with E-state index in [1.165, 1.54) is 4.90 Å². The van der Waals surface area contributed by atoms with Crippen molar-refractivity contribution < 1.29 is 14.7 Å². The molecule has 0 radical (unpaired) electrons. The van der Waals surface area contributed by atoms with Crippen LogP contribution in [0.3, 0.4) is 0 Å². The standard InChI is InChI=1S/C17H20N6O3/c1-11(16(24)25)9-21(2)17(26)20-15-14(12-8-18-22(3)10-12)19-13-6-4-5-7-23(13)15/h4-8,10-11H,9H2,1-3H3,(H,20,26)(H,24,25). The summed E-state index contributed by atoms with van der Waals surface area (Å²) in [7, 11) is 3.36. The minimum atomic E-state index is -0.949. The Bertz CT molecular complexity index is 960. The van der Waals surface area contributed by atoms with E-state index in [1.807, 2.05) is 24.4 Å². The smallest absolute Gasteiger partial charge is 0.322 e. The van der Waals surface area contributed by atoms with E-state index < -0.39 is 17.9 Å². The van der Waals surface area contributed by atoms with Crippen LogP contribution in [0, 0.1) is 5.92 Å². The summed E-state index contributed by atoms with van der Waals surface area (Å²) in [6, 6.07) is 5.13. The molecule has 0 bridgehead atoms. The van der Waals surface area contributed by atoms with Gasteiger partial charge in [0.1, 0.15) is 17.2 Å². The number of anilines is 1. The first-order chi connectivity index (χ1) is 12.4. The zero-order chi connectivity index (χ0) is 18.8. The van der Waals surface area contributed by atoms with Crippen molar-refractivity contribution in [2.24, 2.45) is 13.0 Å². The molecule has 3 rings (SSSR count). The van der Waals surface area contributed by atoms with Gasteiger partial charge in [-0.1, -0.05) is 13.0 Å². The Balaban J connectivity index is 1.93. The Labute approximate surface area is 149 Å². The Morgan fingerprint density at radius 2 is 2.15 bits per heavy atom. The fourth-order valence-corrected chi connectivity index (χ4v) is 2.63. The third-order valence-electron chi connectivity index (χ3n) is 4.05. The van der Waals surface area contributed by atoms with Crippen molar-refractivity contribution in [2.75, 3.05) is 18.9 Å². The molecule has 136 valence electrons. The maximum atomic E-state index is 12.6. The highest BCUT2D eigenvalue weighted by Crippen LogP contribution is 2.28. The lowest BCUT2D eigenvalue weighted by Crippen LogP contribution is -2.37. The van der Waals surface area contributed by atoms with Crippen molar-refractivity contribution in [3.05, 3.63) is 36.8 Å². The topological polar surface area (TPSA) is 105 Å². The molecule has 2 amide bonds. The highest BCUT2D eigenvalue weighted by Gasteiger charge is 2.21. The van der Waals surface area contributed by atoms with E-state index >= 15 is 0 Å². The van der Waals surface area contributed by atoms with E-state index in [1.54, 1.807) is 42.5 Å². The number of hydrogen-bond donors (Lipinski definition) is 2. The third-order valence-corrected chi connectivity index (χ3v) is 4.05. The summed E-state index contributed by atoms with van der Waals surface area (Å²) < 4.78 is 3.43. The second-order valence-corrected chi connectivity index (χ2v) is 6.19. The fourth-order valence-electron chi connectivity index (χ4n) is 2.63. The van der Waals surface area contributed by atoms with Gasteiger partial charge < -0.3 is 10.0 Å². The molecule has 0 saturated heterocycles. The van der Waals surface area contributed by atoms with Crippen molar-refractivity contribution in [1.29, 1.82) is 0 Å². The van der Waals surface area contributed by atoms with E-state index in [2.05, 4.69) is 15.4 Å². The van der Waals surface area contributed by atoms with Gasteiger partial charge >= 0.3 is 12.0 Å². The van der Waals surface area contributed by atoms with Gasteiger partial charge in [0.05, 0.1) is 12.1 Å². The number of amides is 2. The van der Waals surface area contributed by atoms with Crippen molar-refractivity contribution in [3.8, 4) is 11.3 Å². The summed E-state index contributed by atoms with van der Waals surface area (Å²) in [5, 5.41) is 16.0. The third kappa shape index (κ3) is 3.37. The minimum Gasteiger partial charge on any atom is -0.481 e. The van der Waals surface area contributed by atoms with Crippen molar-refractivity contribution in [1.82, 2.24) is 24.1 Å². The van der Waals surface area contributed by atoms with Gasteiger partial charge in [0, 0.05) is 38.6 Å². The lowest BCUT2D eigenvalue weighted by molar-refractivity contribution is -0.141. The second-order valence-electron chi connectivity index (χ2n) is 6.19. The zero-order valence-electron chi connectivity index (χ0n) is 14.7. The van der Waals surface area contributed by atoms with Crippen LogP contribution in [0.2, 0.25) is 0 Å². The minimum absolute atomic E-state index is 0.0974. The molecule has 1 atom stereocenters. The fraction of sp³-hybridized carbons (Fsp3) is 0.294. The molecule has 0 fully saturated rings. The maximum Gasteiger partial charge on any atom is 0.322 e. The number of imidazole rings is 1. The number of carboxylic acid groups (broad SMARTS) is 1. The normalized spacial score (nSPS) is 12.1. The summed E-state index contributed by atoms with van der Waals surface area (Å²) in [6.07, 6.45) is 5.29. The molecule has 3 heterocycles. The van der Waals surface area contributed by atoms with Crippen molar-refractivity contribution in [3.63, 3.8) is 0 Å². The summed E-state index contributed by atoms with van der Waals surface area (Å²) in [5.74, 6) is -1.10. The maximum absolute atomic E-state index is 12.6. The average molecular weight is 356 g/mol. The van der Waals surface area contributed by atoms with Crippen LogP contribution in [-0.2, 0) is 11.8 Å². The van der Waals surface area contributed by atoms with Crippen molar-refractivity contribution in [2.45, 2.75) is 6.92 Å². The lowest BCUT2D eigenvalue weighted by Gasteiger charge is -2.20. The molecule has 2 N–H and O–H groups in total. The Hall–Kier alpha value is -3.36. The number of hydrogen-bond acceptors (Lipinski definition) is 4. The molecule has 9 heteroatoms. The van der Waals surface area contributed by atoms with Gasteiger partial charge in [-0.2, -0.15) is 5.10 Å². The summed E-state index contributed by atoms with van der Waals surface area (Å²) in [6.45, 7) is 1.65. The summed E-state index contributed by atoms with van der Waals surface area (Å²) >= 11 is 0. The predicted molar refractivity (Wildman–Crippen MR) is 95.8 cm³/mol. The molecule has 26 heavy (non-hydrogen) atoms. The Morgan fingerprint density at radius 1 is 1.38 bits per heavy atom. The number of urea groups is 1. The predicted octanol–water partition coefficient (Wildman–Crippen LogP) is 1.92. The van der Waals surface area contributed by atoms with E-state index in [-0.39, 0.29) is 6.54 Å².